The highest BCUT2D eigenvalue weighted by atomic mass is 79.9. The molecule has 134 valence electrons. The van der Waals surface area contributed by atoms with Gasteiger partial charge in [-0.15, -0.1) is 0 Å². The summed E-state index contributed by atoms with van der Waals surface area (Å²) >= 11 is 3.45. The Morgan fingerprint density at radius 1 is 1.04 bits per heavy atom. The van der Waals surface area contributed by atoms with E-state index in [9.17, 15) is 5.11 Å². The lowest BCUT2D eigenvalue weighted by Gasteiger charge is -2.14. The van der Waals surface area contributed by atoms with E-state index < -0.39 is 0 Å². The zero-order valence-electron chi connectivity index (χ0n) is 14.5. The van der Waals surface area contributed by atoms with Gasteiger partial charge >= 0.3 is 0 Å². The van der Waals surface area contributed by atoms with E-state index in [-0.39, 0.29) is 12.6 Å². The van der Waals surface area contributed by atoms with Gasteiger partial charge in [0.2, 0.25) is 5.95 Å². The van der Waals surface area contributed by atoms with Crippen molar-refractivity contribution < 1.29 is 5.11 Å². The van der Waals surface area contributed by atoms with Crippen LogP contribution in [0, 0.1) is 0 Å². The first-order valence-electron chi connectivity index (χ1n) is 8.44. The Morgan fingerprint density at radius 3 is 2.46 bits per heavy atom. The molecule has 3 rings (SSSR count). The third kappa shape index (κ3) is 5.03. The first-order valence-corrected chi connectivity index (χ1v) is 9.23. The molecule has 0 aliphatic carbocycles. The van der Waals surface area contributed by atoms with Gasteiger partial charge in [-0.3, -0.25) is 0 Å². The third-order valence-corrected chi connectivity index (χ3v) is 4.36. The van der Waals surface area contributed by atoms with Crippen molar-refractivity contribution in [3.8, 4) is 11.3 Å². The number of rotatable bonds is 7. The molecule has 0 aliphatic rings. The second kappa shape index (κ2) is 8.78. The quantitative estimate of drug-likeness (QED) is 0.539. The summed E-state index contributed by atoms with van der Waals surface area (Å²) < 4.78 is 1.05. The van der Waals surface area contributed by atoms with Crippen molar-refractivity contribution in [3.63, 3.8) is 0 Å². The molecule has 0 spiro atoms. The van der Waals surface area contributed by atoms with Crippen LogP contribution in [0.25, 0.3) is 11.3 Å². The van der Waals surface area contributed by atoms with E-state index in [1.54, 1.807) is 0 Å². The molecule has 0 aliphatic heterocycles. The molecule has 0 saturated carbocycles. The fourth-order valence-corrected chi connectivity index (χ4v) is 2.68. The van der Waals surface area contributed by atoms with Gasteiger partial charge in [-0.25, -0.2) is 4.98 Å². The number of anilines is 2. The number of nitrogens with one attached hydrogen (secondary N) is 2. The van der Waals surface area contributed by atoms with E-state index >= 15 is 0 Å². The van der Waals surface area contributed by atoms with Gasteiger partial charge in [-0.1, -0.05) is 58.4 Å². The number of aliphatic hydroxyl groups is 1. The first kappa shape index (κ1) is 18.4. The Bertz CT molecular complexity index is 840. The fraction of sp³-hybridized carbons (Fsp3) is 0.200. The number of nitrogens with zero attached hydrogens (tertiary/aromatic N) is 2. The van der Waals surface area contributed by atoms with Crippen LogP contribution in [0.5, 0.6) is 0 Å². The van der Waals surface area contributed by atoms with Crippen LogP contribution in [-0.4, -0.2) is 27.7 Å². The van der Waals surface area contributed by atoms with Crippen molar-refractivity contribution in [2.45, 2.75) is 19.5 Å². The summed E-state index contributed by atoms with van der Waals surface area (Å²) in [6, 6.07) is 19.9. The van der Waals surface area contributed by atoms with Crippen LogP contribution in [-0.2, 0) is 6.54 Å². The van der Waals surface area contributed by atoms with Crippen molar-refractivity contribution >= 4 is 27.7 Å². The molecular formula is C20H21BrN4O. The van der Waals surface area contributed by atoms with Crippen LogP contribution in [0.4, 0.5) is 11.8 Å². The summed E-state index contributed by atoms with van der Waals surface area (Å²) in [7, 11) is 0. The van der Waals surface area contributed by atoms with E-state index in [4.69, 9.17) is 0 Å². The maximum atomic E-state index is 9.29. The molecule has 0 unspecified atom stereocenters. The summed E-state index contributed by atoms with van der Waals surface area (Å²) in [5.41, 5.74) is 3.00. The topological polar surface area (TPSA) is 70.1 Å². The Balaban J connectivity index is 1.85. The number of halogens is 1. The molecule has 26 heavy (non-hydrogen) atoms. The van der Waals surface area contributed by atoms with Gasteiger partial charge in [0, 0.05) is 28.7 Å². The molecule has 6 heteroatoms. The van der Waals surface area contributed by atoms with Crippen molar-refractivity contribution in [2.24, 2.45) is 0 Å². The fourth-order valence-electron chi connectivity index (χ4n) is 2.42. The summed E-state index contributed by atoms with van der Waals surface area (Å²) in [5, 5.41) is 15.8. The van der Waals surface area contributed by atoms with E-state index in [2.05, 4.69) is 48.7 Å². The molecule has 0 saturated heterocycles. The molecule has 1 aromatic heterocycles. The van der Waals surface area contributed by atoms with Crippen LogP contribution < -0.4 is 10.6 Å². The zero-order chi connectivity index (χ0) is 18.4. The van der Waals surface area contributed by atoms with Gasteiger partial charge in [0.15, 0.2) is 0 Å². The Morgan fingerprint density at radius 2 is 1.77 bits per heavy atom. The lowest BCUT2D eigenvalue weighted by Crippen LogP contribution is -2.21. The van der Waals surface area contributed by atoms with Gasteiger partial charge in [0.25, 0.3) is 0 Å². The van der Waals surface area contributed by atoms with Gasteiger partial charge in [0.1, 0.15) is 5.82 Å². The van der Waals surface area contributed by atoms with Crippen LogP contribution in [0.15, 0.2) is 65.1 Å². The average Bonchev–Trinajstić information content (AvgIpc) is 2.68. The summed E-state index contributed by atoms with van der Waals surface area (Å²) in [4.78, 5) is 9.10. The van der Waals surface area contributed by atoms with Crippen LogP contribution in [0.2, 0.25) is 0 Å². The van der Waals surface area contributed by atoms with Crippen molar-refractivity contribution in [1.82, 2.24) is 9.97 Å². The molecule has 3 aromatic rings. The number of aromatic nitrogens is 2. The molecule has 3 N–H and O–H groups in total. The number of benzene rings is 2. The summed E-state index contributed by atoms with van der Waals surface area (Å²) in [6.45, 7) is 2.56. The lowest BCUT2D eigenvalue weighted by molar-refractivity contribution is 0.281. The number of aliphatic hydroxyl groups excluding tert-OH is 1. The second-order valence-corrected chi connectivity index (χ2v) is 6.95. The zero-order valence-corrected chi connectivity index (χ0v) is 16.1. The Labute approximate surface area is 161 Å². The van der Waals surface area contributed by atoms with E-state index in [1.165, 1.54) is 0 Å². The van der Waals surface area contributed by atoms with Gasteiger partial charge in [-0.2, -0.15) is 4.98 Å². The SMILES string of the molecule is C[C@@H](CO)Nc1nc(NCc2ccc(Br)cc2)cc(-c2ccccc2)n1. The van der Waals surface area contributed by atoms with Gasteiger partial charge in [0.05, 0.1) is 12.3 Å². The lowest BCUT2D eigenvalue weighted by atomic mass is 10.1. The molecule has 1 atom stereocenters. The minimum absolute atomic E-state index is 0.0145. The molecule has 0 bridgehead atoms. The molecule has 1 heterocycles. The Kier molecular flexibility index (Phi) is 6.20. The molecule has 5 nitrogen and oxygen atoms in total. The van der Waals surface area contributed by atoms with E-state index in [1.807, 2.05) is 55.5 Å². The summed E-state index contributed by atoms with van der Waals surface area (Å²) in [5.74, 6) is 1.22. The van der Waals surface area contributed by atoms with Crippen LogP contribution in [0.1, 0.15) is 12.5 Å². The number of hydrogen-bond donors (Lipinski definition) is 3. The minimum Gasteiger partial charge on any atom is -0.394 e. The third-order valence-electron chi connectivity index (χ3n) is 3.83. The van der Waals surface area contributed by atoms with E-state index in [0.717, 1.165) is 27.1 Å². The highest BCUT2D eigenvalue weighted by Gasteiger charge is 2.09. The van der Waals surface area contributed by atoms with Gasteiger partial charge < -0.3 is 15.7 Å². The maximum absolute atomic E-state index is 9.29. The molecule has 2 aromatic carbocycles. The summed E-state index contributed by atoms with van der Waals surface area (Å²) in [6.07, 6.45) is 0. The normalized spacial score (nSPS) is 11.8. The highest BCUT2D eigenvalue weighted by molar-refractivity contribution is 9.10. The largest absolute Gasteiger partial charge is 0.394 e. The predicted octanol–water partition coefficient (Wildman–Crippen LogP) is 4.31. The molecule has 0 fully saturated rings. The standard InChI is InChI=1S/C20H21BrN4O/c1-14(13-26)23-20-24-18(16-5-3-2-4-6-16)11-19(25-20)22-12-15-7-9-17(21)10-8-15/h2-11,14,26H,12-13H2,1H3,(H2,22,23,24,25)/t14-/m0/s1. The Hall–Kier alpha value is -2.44. The van der Waals surface area contributed by atoms with Crippen LogP contribution in [0.3, 0.4) is 0 Å². The smallest absolute Gasteiger partial charge is 0.225 e. The maximum Gasteiger partial charge on any atom is 0.225 e. The van der Waals surface area contributed by atoms with Crippen molar-refractivity contribution in [3.05, 3.63) is 70.7 Å². The minimum atomic E-state index is -0.125. The molecule has 0 radical (unpaired) electrons. The van der Waals surface area contributed by atoms with Crippen molar-refractivity contribution in [2.75, 3.05) is 17.2 Å². The van der Waals surface area contributed by atoms with E-state index in [0.29, 0.717) is 12.5 Å². The molecular weight excluding hydrogens is 392 g/mol. The first-order chi connectivity index (χ1) is 12.6. The van der Waals surface area contributed by atoms with Crippen molar-refractivity contribution in [1.29, 1.82) is 0 Å². The average molecular weight is 413 g/mol. The second-order valence-electron chi connectivity index (χ2n) is 6.04. The number of hydrogen-bond acceptors (Lipinski definition) is 5. The monoisotopic (exact) mass is 412 g/mol. The predicted molar refractivity (Wildman–Crippen MR) is 109 cm³/mol. The highest BCUT2D eigenvalue weighted by Crippen LogP contribution is 2.22. The molecule has 0 amide bonds. The van der Waals surface area contributed by atoms with Crippen LogP contribution >= 0.6 is 15.9 Å². The van der Waals surface area contributed by atoms with Gasteiger partial charge in [-0.05, 0) is 24.6 Å².